The number of hydrogen-bond acceptors (Lipinski definition) is 5. The van der Waals surface area contributed by atoms with Gasteiger partial charge in [-0.25, -0.2) is 0 Å². The number of hydrogen-bond donors (Lipinski definition) is 4. The highest BCUT2D eigenvalue weighted by molar-refractivity contribution is 5.76. The van der Waals surface area contributed by atoms with Gasteiger partial charge in [-0.05, 0) is 6.42 Å². The van der Waals surface area contributed by atoms with Crippen molar-refractivity contribution >= 4 is 5.91 Å². The van der Waals surface area contributed by atoms with Crippen LogP contribution in [0.15, 0.2) is 0 Å². The highest BCUT2D eigenvalue weighted by atomic mass is 16.5. The minimum Gasteiger partial charge on any atom is -0.394 e. The van der Waals surface area contributed by atoms with Crippen LogP contribution in [0.2, 0.25) is 0 Å². The van der Waals surface area contributed by atoms with E-state index in [0.717, 1.165) is 19.3 Å². The van der Waals surface area contributed by atoms with E-state index in [-0.39, 0.29) is 19.1 Å². The first-order valence-corrected chi connectivity index (χ1v) is 12.5. The molecule has 30 heavy (non-hydrogen) atoms. The fraction of sp³-hybridized carbons (Fsp3) is 0.958. The average molecular weight is 430 g/mol. The summed E-state index contributed by atoms with van der Waals surface area (Å²) in [7, 11) is 0. The number of carbonyl (C=O) groups excluding carboxylic acids is 1. The van der Waals surface area contributed by atoms with E-state index in [1.165, 1.54) is 77.0 Å². The molecule has 178 valence electrons. The van der Waals surface area contributed by atoms with Gasteiger partial charge in [0.1, 0.15) is 18.3 Å². The molecule has 1 aliphatic heterocycles. The largest absolute Gasteiger partial charge is 0.394 e. The molecular formula is C24H47NO5. The molecule has 0 saturated carbocycles. The van der Waals surface area contributed by atoms with Crippen molar-refractivity contribution < 1.29 is 24.9 Å². The number of aliphatic hydroxyl groups excluding tert-OH is 3. The van der Waals surface area contributed by atoms with E-state index in [0.29, 0.717) is 6.42 Å². The molecule has 0 unspecified atom stereocenters. The number of ether oxygens (including phenoxy) is 1. The monoisotopic (exact) mass is 429 g/mol. The Labute approximate surface area is 183 Å². The van der Waals surface area contributed by atoms with E-state index in [1.807, 2.05) is 0 Å². The van der Waals surface area contributed by atoms with Gasteiger partial charge in [-0.15, -0.1) is 0 Å². The maximum absolute atomic E-state index is 12.1. The Morgan fingerprint density at radius 2 is 1.30 bits per heavy atom. The van der Waals surface area contributed by atoms with Gasteiger partial charge in [-0.3, -0.25) is 4.79 Å². The molecular weight excluding hydrogens is 382 g/mol. The lowest BCUT2D eigenvalue weighted by molar-refractivity contribution is -0.156. The van der Waals surface area contributed by atoms with E-state index >= 15 is 0 Å². The summed E-state index contributed by atoms with van der Waals surface area (Å²) in [6.45, 7) is 1.93. The summed E-state index contributed by atoms with van der Waals surface area (Å²) in [5.74, 6) is -0.162. The highest BCUT2D eigenvalue weighted by Gasteiger charge is 2.39. The lowest BCUT2D eigenvalue weighted by Crippen LogP contribution is -2.61. The summed E-state index contributed by atoms with van der Waals surface area (Å²) in [4.78, 5) is 12.1. The number of unbranched alkanes of at least 4 members (excludes halogenated alkanes) is 14. The summed E-state index contributed by atoms with van der Waals surface area (Å²) in [5, 5.41) is 31.8. The van der Waals surface area contributed by atoms with Gasteiger partial charge >= 0.3 is 0 Å². The second kappa shape index (κ2) is 17.9. The Balaban J connectivity index is 1.92. The molecule has 1 heterocycles. The van der Waals surface area contributed by atoms with Crippen molar-refractivity contribution in [2.75, 3.05) is 13.2 Å². The summed E-state index contributed by atoms with van der Waals surface area (Å²) in [6, 6.07) is -0.761. The number of nitrogens with one attached hydrogen (secondary N) is 1. The smallest absolute Gasteiger partial charge is 0.220 e. The molecule has 1 amide bonds. The van der Waals surface area contributed by atoms with Crippen LogP contribution < -0.4 is 5.32 Å². The molecule has 0 aromatic heterocycles. The molecule has 6 heteroatoms. The Morgan fingerprint density at radius 1 is 0.833 bits per heavy atom. The standard InChI is InChI=1S/C24H47NO5/c1-2-3-4-5-6-7-8-9-10-11-12-13-14-15-16-17-22(28)25-23-21(18-26)30-19-20(27)24(23)29/h20-21,23-24,26-27,29H,2-19H2,1H3,(H,25,28)/t20-,21+,23+,24+/m0/s1. The van der Waals surface area contributed by atoms with Crippen molar-refractivity contribution in [3.8, 4) is 0 Å². The maximum Gasteiger partial charge on any atom is 0.220 e. The zero-order valence-corrected chi connectivity index (χ0v) is 19.2. The molecule has 0 aromatic rings. The van der Waals surface area contributed by atoms with Gasteiger partial charge in [0.05, 0.1) is 19.3 Å². The lowest BCUT2D eigenvalue weighted by atomic mass is 9.97. The van der Waals surface area contributed by atoms with Gasteiger partial charge in [0.15, 0.2) is 0 Å². The minimum atomic E-state index is -1.11. The number of carbonyl (C=O) groups is 1. The Bertz CT molecular complexity index is 418. The van der Waals surface area contributed by atoms with Crippen molar-refractivity contribution in [1.82, 2.24) is 5.32 Å². The van der Waals surface area contributed by atoms with Crippen LogP contribution in [0.4, 0.5) is 0 Å². The molecule has 1 saturated heterocycles. The van der Waals surface area contributed by atoms with E-state index in [2.05, 4.69) is 12.2 Å². The van der Waals surface area contributed by atoms with Crippen LogP contribution in [-0.4, -0.2) is 58.8 Å². The van der Waals surface area contributed by atoms with Crippen LogP contribution in [-0.2, 0) is 9.53 Å². The molecule has 0 aliphatic carbocycles. The molecule has 1 fully saturated rings. The first-order chi connectivity index (χ1) is 14.6. The first-order valence-electron chi connectivity index (χ1n) is 12.5. The van der Waals surface area contributed by atoms with Crippen LogP contribution in [0.3, 0.4) is 0 Å². The van der Waals surface area contributed by atoms with Crippen molar-refractivity contribution in [3.63, 3.8) is 0 Å². The van der Waals surface area contributed by atoms with Crippen LogP contribution in [0.25, 0.3) is 0 Å². The van der Waals surface area contributed by atoms with Gasteiger partial charge in [0.2, 0.25) is 5.91 Å². The molecule has 4 N–H and O–H groups in total. The molecule has 0 bridgehead atoms. The first kappa shape index (κ1) is 27.3. The minimum absolute atomic E-state index is 0.0299. The zero-order valence-electron chi connectivity index (χ0n) is 19.2. The van der Waals surface area contributed by atoms with E-state index in [1.54, 1.807) is 0 Å². The second-order valence-corrected chi connectivity index (χ2v) is 8.91. The van der Waals surface area contributed by atoms with Crippen LogP contribution in [0, 0.1) is 0 Å². The fourth-order valence-corrected chi connectivity index (χ4v) is 4.14. The molecule has 1 rings (SSSR count). The normalized spacial score (nSPS) is 24.1. The quantitative estimate of drug-likeness (QED) is 0.248. The number of rotatable bonds is 18. The van der Waals surface area contributed by atoms with Crippen LogP contribution in [0.5, 0.6) is 0 Å². The maximum atomic E-state index is 12.1. The van der Waals surface area contributed by atoms with Crippen molar-refractivity contribution in [2.24, 2.45) is 0 Å². The average Bonchev–Trinajstić information content (AvgIpc) is 2.74. The molecule has 0 radical (unpaired) electrons. The van der Waals surface area contributed by atoms with Crippen LogP contribution in [0.1, 0.15) is 110 Å². The van der Waals surface area contributed by atoms with Crippen molar-refractivity contribution in [3.05, 3.63) is 0 Å². The van der Waals surface area contributed by atoms with Gasteiger partial charge in [0, 0.05) is 6.42 Å². The Hall–Kier alpha value is -0.690. The SMILES string of the molecule is CCCCCCCCCCCCCCCCCC(=O)N[C@H]1[C@H](O)[C@@H](O)CO[C@@H]1CO. The molecule has 0 spiro atoms. The fourth-order valence-electron chi connectivity index (χ4n) is 4.14. The molecule has 0 aromatic carbocycles. The van der Waals surface area contributed by atoms with Crippen LogP contribution >= 0.6 is 0 Å². The predicted octanol–water partition coefficient (Wildman–Crippen LogP) is 3.85. The topological polar surface area (TPSA) is 99.0 Å². The summed E-state index contributed by atoms with van der Waals surface area (Å²) in [5.41, 5.74) is 0. The Kier molecular flexibility index (Phi) is 16.3. The predicted molar refractivity (Wildman–Crippen MR) is 120 cm³/mol. The molecule has 4 atom stereocenters. The van der Waals surface area contributed by atoms with Crippen molar-refractivity contribution in [1.29, 1.82) is 0 Å². The van der Waals surface area contributed by atoms with E-state index < -0.39 is 24.4 Å². The second-order valence-electron chi connectivity index (χ2n) is 8.91. The third-order valence-electron chi connectivity index (χ3n) is 6.16. The summed E-state index contributed by atoms with van der Waals surface area (Å²) >= 11 is 0. The molecule has 1 aliphatic rings. The van der Waals surface area contributed by atoms with Gasteiger partial charge < -0.3 is 25.4 Å². The van der Waals surface area contributed by atoms with Crippen molar-refractivity contribution in [2.45, 2.75) is 134 Å². The Morgan fingerprint density at radius 3 is 1.77 bits per heavy atom. The van der Waals surface area contributed by atoms with E-state index in [4.69, 9.17) is 4.74 Å². The third-order valence-corrected chi connectivity index (χ3v) is 6.16. The summed E-state index contributed by atoms with van der Waals surface area (Å²) < 4.78 is 5.28. The molecule has 6 nitrogen and oxygen atoms in total. The number of amides is 1. The highest BCUT2D eigenvalue weighted by Crippen LogP contribution is 2.17. The third kappa shape index (κ3) is 12.2. The van der Waals surface area contributed by atoms with Gasteiger partial charge in [0.25, 0.3) is 0 Å². The zero-order chi connectivity index (χ0) is 22.0. The lowest BCUT2D eigenvalue weighted by Gasteiger charge is -2.37. The number of aliphatic hydroxyl groups is 3. The van der Waals surface area contributed by atoms with Gasteiger partial charge in [-0.1, -0.05) is 96.8 Å². The summed E-state index contributed by atoms with van der Waals surface area (Å²) in [6.07, 6.45) is 16.8. The van der Waals surface area contributed by atoms with E-state index in [9.17, 15) is 20.1 Å². The van der Waals surface area contributed by atoms with Gasteiger partial charge in [-0.2, -0.15) is 0 Å².